The zero-order valence-corrected chi connectivity index (χ0v) is 13.7. The number of hydrogen-bond acceptors (Lipinski definition) is 5. The number of rotatable bonds is 8. The monoisotopic (exact) mass is 318 g/mol. The lowest BCUT2D eigenvalue weighted by Crippen LogP contribution is -2.36. The molecule has 0 radical (unpaired) electrons. The molecule has 0 aliphatic heterocycles. The molecule has 1 rings (SSSR count). The minimum Gasteiger partial charge on any atom is -0.495 e. The standard InChI is InChI=1S/C13H22N2O3S2/c1-4-11(9-19-3)15-20(16,17)13-7-10(8-14)5-6-12(13)18-2/h5-7,11,15H,4,8-9,14H2,1-3H3. The van der Waals surface area contributed by atoms with Crippen LogP contribution in [0.2, 0.25) is 0 Å². The SMILES string of the molecule is CCC(CSC)NS(=O)(=O)c1cc(CN)ccc1OC. The first-order valence-electron chi connectivity index (χ1n) is 6.36. The van der Waals surface area contributed by atoms with Gasteiger partial charge in [0.15, 0.2) is 0 Å². The summed E-state index contributed by atoms with van der Waals surface area (Å²) in [6.07, 6.45) is 2.69. The fourth-order valence-electron chi connectivity index (χ4n) is 1.78. The highest BCUT2D eigenvalue weighted by molar-refractivity contribution is 7.98. The Bertz CT molecular complexity index is 532. The van der Waals surface area contributed by atoms with Gasteiger partial charge in [0.25, 0.3) is 0 Å². The van der Waals surface area contributed by atoms with Gasteiger partial charge in [0.05, 0.1) is 7.11 Å². The third-order valence-electron chi connectivity index (χ3n) is 2.94. The van der Waals surface area contributed by atoms with Crippen molar-refractivity contribution in [1.82, 2.24) is 4.72 Å². The summed E-state index contributed by atoms with van der Waals surface area (Å²) >= 11 is 1.61. The summed E-state index contributed by atoms with van der Waals surface area (Å²) in [7, 11) is -2.16. The van der Waals surface area contributed by atoms with Crippen LogP contribution in [0.5, 0.6) is 5.75 Å². The van der Waals surface area contributed by atoms with E-state index < -0.39 is 10.0 Å². The van der Waals surface area contributed by atoms with E-state index in [1.165, 1.54) is 7.11 Å². The van der Waals surface area contributed by atoms with Gasteiger partial charge in [-0.2, -0.15) is 11.8 Å². The van der Waals surface area contributed by atoms with Gasteiger partial charge in [-0.25, -0.2) is 13.1 Å². The maximum Gasteiger partial charge on any atom is 0.244 e. The van der Waals surface area contributed by atoms with E-state index in [9.17, 15) is 8.42 Å². The number of thioether (sulfide) groups is 1. The summed E-state index contributed by atoms with van der Waals surface area (Å²) in [6, 6.07) is 4.86. The minimum absolute atomic E-state index is 0.0961. The Kier molecular flexibility index (Phi) is 6.81. The van der Waals surface area contributed by atoms with Crippen LogP contribution in [0, 0.1) is 0 Å². The molecule has 0 spiro atoms. The minimum atomic E-state index is -3.61. The highest BCUT2D eigenvalue weighted by atomic mass is 32.2. The van der Waals surface area contributed by atoms with E-state index in [-0.39, 0.29) is 17.5 Å². The first kappa shape index (κ1) is 17.3. The second-order valence-electron chi connectivity index (χ2n) is 4.37. The van der Waals surface area contributed by atoms with Gasteiger partial charge in [-0.3, -0.25) is 0 Å². The zero-order chi connectivity index (χ0) is 15.2. The van der Waals surface area contributed by atoms with Crippen LogP contribution in [-0.2, 0) is 16.6 Å². The van der Waals surface area contributed by atoms with E-state index in [1.54, 1.807) is 30.0 Å². The van der Waals surface area contributed by atoms with Gasteiger partial charge < -0.3 is 10.5 Å². The molecule has 0 aliphatic carbocycles. The normalized spacial score (nSPS) is 13.2. The number of nitrogens with one attached hydrogen (secondary N) is 1. The van der Waals surface area contributed by atoms with Gasteiger partial charge >= 0.3 is 0 Å². The molecule has 5 nitrogen and oxygen atoms in total. The molecule has 1 aromatic carbocycles. The maximum absolute atomic E-state index is 12.5. The lowest BCUT2D eigenvalue weighted by Gasteiger charge is -2.17. The second-order valence-corrected chi connectivity index (χ2v) is 6.96. The molecule has 0 heterocycles. The highest BCUT2D eigenvalue weighted by Gasteiger charge is 2.23. The zero-order valence-electron chi connectivity index (χ0n) is 12.0. The van der Waals surface area contributed by atoms with E-state index in [4.69, 9.17) is 10.5 Å². The predicted octanol–water partition coefficient (Wildman–Crippen LogP) is 1.57. The molecule has 0 aromatic heterocycles. The fourth-order valence-corrected chi connectivity index (χ4v) is 4.14. The summed E-state index contributed by atoms with van der Waals surface area (Å²) in [5.41, 5.74) is 6.32. The molecule has 0 bridgehead atoms. The van der Waals surface area contributed by atoms with Crippen molar-refractivity contribution in [3.05, 3.63) is 23.8 Å². The van der Waals surface area contributed by atoms with Crippen molar-refractivity contribution in [2.75, 3.05) is 19.1 Å². The molecule has 0 amide bonds. The molecule has 0 fully saturated rings. The molecule has 0 aliphatic rings. The van der Waals surface area contributed by atoms with Gasteiger partial charge in [-0.15, -0.1) is 0 Å². The average Bonchev–Trinajstić information content (AvgIpc) is 2.45. The van der Waals surface area contributed by atoms with Crippen molar-refractivity contribution in [3.8, 4) is 5.75 Å². The summed E-state index contributed by atoms with van der Waals surface area (Å²) in [6.45, 7) is 2.24. The van der Waals surface area contributed by atoms with Crippen molar-refractivity contribution in [1.29, 1.82) is 0 Å². The number of ether oxygens (including phenoxy) is 1. The molecule has 20 heavy (non-hydrogen) atoms. The molecule has 1 atom stereocenters. The summed E-state index contributed by atoms with van der Waals surface area (Å²) in [5.74, 6) is 1.06. The quantitative estimate of drug-likeness (QED) is 0.760. The molecular weight excluding hydrogens is 296 g/mol. The van der Waals surface area contributed by atoms with E-state index >= 15 is 0 Å². The molecule has 3 N–H and O–H groups in total. The summed E-state index contributed by atoms with van der Waals surface area (Å²) < 4.78 is 32.8. The van der Waals surface area contributed by atoms with E-state index in [1.807, 2.05) is 13.2 Å². The van der Waals surface area contributed by atoms with E-state index in [2.05, 4.69) is 4.72 Å². The third kappa shape index (κ3) is 4.37. The van der Waals surface area contributed by atoms with Crippen LogP contribution in [0.25, 0.3) is 0 Å². The molecule has 0 saturated heterocycles. The number of benzene rings is 1. The fraction of sp³-hybridized carbons (Fsp3) is 0.538. The Morgan fingerprint density at radius 3 is 2.65 bits per heavy atom. The lowest BCUT2D eigenvalue weighted by atomic mass is 10.2. The van der Waals surface area contributed by atoms with E-state index in [0.717, 1.165) is 17.7 Å². The Morgan fingerprint density at radius 1 is 1.45 bits per heavy atom. The maximum atomic E-state index is 12.5. The third-order valence-corrected chi connectivity index (χ3v) is 5.21. The van der Waals surface area contributed by atoms with Gasteiger partial charge in [0, 0.05) is 18.3 Å². The van der Waals surface area contributed by atoms with Crippen molar-refractivity contribution in [2.45, 2.75) is 30.8 Å². The van der Waals surface area contributed by atoms with Gasteiger partial charge in [0.1, 0.15) is 10.6 Å². The Hall–Kier alpha value is -0.760. The number of hydrogen-bond donors (Lipinski definition) is 2. The van der Waals surface area contributed by atoms with Crippen molar-refractivity contribution >= 4 is 21.8 Å². The summed E-state index contributed by atoms with van der Waals surface area (Å²) in [4.78, 5) is 0.141. The topological polar surface area (TPSA) is 81.4 Å². The van der Waals surface area contributed by atoms with Crippen LogP contribution >= 0.6 is 11.8 Å². The average molecular weight is 318 g/mol. The van der Waals surface area contributed by atoms with Crippen molar-refractivity contribution in [3.63, 3.8) is 0 Å². The van der Waals surface area contributed by atoms with Crippen molar-refractivity contribution in [2.24, 2.45) is 5.73 Å². The Labute approximate surface area is 125 Å². The van der Waals surface area contributed by atoms with Crippen LogP contribution in [0.3, 0.4) is 0 Å². The smallest absolute Gasteiger partial charge is 0.244 e. The second kappa shape index (κ2) is 7.87. The molecule has 1 aromatic rings. The van der Waals surface area contributed by atoms with Crippen LogP contribution in [0.15, 0.2) is 23.1 Å². The van der Waals surface area contributed by atoms with Gasteiger partial charge in [-0.1, -0.05) is 13.0 Å². The van der Waals surface area contributed by atoms with Crippen LogP contribution in [0.1, 0.15) is 18.9 Å². The lowest BCUT2D eigenvalue weighted by molar-refractivity contribution is 0.401. The van der Waals surface area contributed by atoms with Crippen LogP contribution < -0.4 is 15.2 Å². The first-order valence-corrected chi connectivity index (χ1v) is 9.24. The number of nitrogens with two attached hydrogens (primary N) is 1. The number of sulfonamides is 1. The molecule has 0 saturated carbocycles. The Morgan fingerprint density at radius 2 is 2.15 bits per heavy atom. The van der Waals surface area contributed by atoms with E-state index in [0.29, 0.717) is 5.75 Å². The predicted molar refractivity (Wildman–Crippen MR) is 83.7 cm³/mol. The molecule has 114 valence electrons. The molecular formula is C13H22N2O3S2. The largest absolute Gasteiger partial charge is 0.495 e. The Balaban J connectivity index is 3.13. The van der Waals surface area contributed by atoms with Crippen LogP contribution in [0.4, 0.5) is 0 Å². The van der Waals surface area contributed by atoms with Gasteiger partial charge in [0.2, 0.25) is 10.0 Å². The highest BCUT2D eigenvalue weighted by Crippen LogP contribution is 2.25. The first-order chi connectivity index (χ1) is 9.48. The number of methoxy groups -OCH3 is 1. The molecule has 1 unspecified atom stereocenters. The van der Waals surface area contributed by atoms with Gasteiger partial charge in [-0.05, 0) is 30.4 Å². The van der Waals surface area contributed by atoms with Crippen molar-refractivity contribution < 1.29 is 13.2 Å². The van der Waals surface area contributed by atoms with Crippen LogP contribution in [-0.4, -0.2) is 33.6 Å². The molecule has 7 heteroatoms. The summed E-state index contributed by atoms with van der Waals surface area (Å²) in [5, 5.41) is 0.